The quantitative estimate of drug-likeness (QED) is 0.689. The van der Waals surface area contributed by atoms with E-state index in [4.69, 9.17) is 5.73 Å². The first-order valence-electron chi connectivity index (χ1n) is 5.99. The van der Waals surface area contributed by atoms with E-state index in [-0.39, 0.29) is 5.41 Å². The van der Waals surface area contributed by atoms with Gasteiger partial charge in [0.05, 0.1) is 0 Å². The van der Waals surface area contributed by atoms with Crippen LogP contribution in [0.5, 0.6) is 0 Å². The fourth-order valence-electron chi connectivity index (χ4n) is 1.65. The van der Waals surface area contributed by atoms with Gasteiger partial charge in [0, 0.05) is 23.9 Å². The van der Waals surface area contributed by atoms with Crippen LogP contribution in [0.4, 0.5) is 0 Å². The van der Waals surface area contributed by atoms with E-state index in [0.29, 0.717) is 0 Å². The van der Waals surface area contributed by atoms with Gasteiger partial charge in [-0.1, -0.05) is 19.9 Å². The summed E-state index contributed by atoms with van der Waals surface area (Å²) >= 11 is 0. The van der Waals surface area contributed by atoms with Crippen molar-refractivity contribution < 1.29 is 0 Å². The molecule has 0 atom stereocenters. The summed E-state index contributed by atoms with van der Waals surface area (Å²) in [6.45, 7) is 7.20. The Balaban J connectivity index is 2.35. The Kier molecular flexibility index (Phi) is 5.43. The average molecular weight is 221 g/mol. The van der Waals surface area contributed by atoms with Gasteiger partial charge in [-0.25, -0.2) is 0 Å². The Morgan fingerprint density at radius 3 is 2.75 bits per heavy atom. The average Bonchev–Trinajstić information content (AvgIpc) is 2.30. The van der Waals surface area contributed by atoms with Gasteiger partial charge in [0.25, 0.3) is 0 Å². The van der Waals surface area contributed by atoms with Gasteiger partial charge in [-0.15, -0.1) is 0 Å². The second-order valence-corrected chi connectivity index (χ2v) is 4.77. The van der Waals surface area contributed by atoms with E-state index in [1.165, 1.54) is 0 Å². The molecule has 0 aliphatic carbocycles. The molecule has 0 amide bonds. The highest BCUT2D eigenvalue weighted by Crippen LogP contribution is 2.19. The molecule has 3 N–H and O–H groups in total. The highest BCUT2D eigenvalue weighted by molar-refractivity contribution is 5.14. The maximum Gasteiger partial charge on any atom is 0.0472 e. The maximum absolute atomic E-state index is 5.45. The molecule has 1 heterocycles. The molecular weight excluding hydrogens is 198 g/mol. The van der Waals surface area contributed by atoms with Crippen LogP contribution in [0.1, 0.15) is 32.4 Å². The topological polar surface area (TPSA) is 50.9 Å². The normalized spacial score (nSPS) is 11.7. The third-order valence-corrected chi connectivity index (χ3v) is 2.73. The van der Waals surface area contributed by atoms with Gasteiger partial charge >= 0.3 is 0 Å². The zero-order valence-electron chi connectivity index (χ0n) is 10.4. The predicted octanol–water partition coefficient (Wildman–Crippen LogP) is 1.69. The number of hydrogen-bond donors (Lipinski definition) is 2. The van der Waals surface area contributed by atoms with E-state index < -0.39 is 0 Å². The third-order valence-electron chi connectivity index (χ3n) is 2.73. The van der Waals surface area contributed by atoms with Crippen molar-refractivity contribution in [3.05, 3.63) is 30.1 Å². The SMILES string of the molecule is CC(C)(CNCCCCN)c1ccccn1. The third kappa shape index (κ3) is 4.29. The van der Waals surface area contributed by atoms with Crippen LogP contribution in [0, 0.1) is 0 Å². The Bertz CT molecular complexity index is 282. The molecular formula is C13H23N3. The summed E-state index contributed by atoms with van der Waals surface area (Å²) in [5, 5.41) is 3.46. The molecule has 1 aromatic heterocycles. The van der Waals surface area contributed by atoms with Crippen molar-refractivity contribution in [1.29, 1.82) is 0 Å². The van der Waals surface area contributed by atoms with E-state index >= 15 is 0 Å². The number of rotatable bonds is 7. The highest BCUT2D eigenvalue weighted by Gasteiger charge is 2.20. The monoisotopic (exact) mass is 221 g/mol. The summed E-state index contributed by atoms with van der Waals surface area (Å²) in [7, 11) is 0. The number of nitrogens with zero attached hydrogens (tertiary/aromatic N) is 1. The Hall–Kier alpha value is -0.930. The van der Waals surface area contributed by atoms with Gasteiger partial charge in [0.1, 0.15) is 0 Å². The number of nitrogens with two attached hydrogens (primary N) is 1. The number of unbranched alkanes of at least 4 members (excludes halogenated alkanes) is 1. The largest absolute Gasteiger partial charge is 0.330 e. The van der Waals surface area contributed by atoms with Crippen molar-refractivity contribution >= 4 is 0 Å². The number of pyridine rings is 1. The molecule has 0 aromatic carbocycles. The first-order chi connectivity index (χ1) is 7.67. The molecule has 0 aliphatic heterocycles. The highest BCUT2D eigenvalue weighted by atomic mass is 14.9. The van der Waals surface area contributed by atoms with Gasteiger partial charge in [-0.05, 0) is 38.1 Å². The van der Waals surface area contributed by atoms with Crippen LogP contribution >= 0.6 is 0 Å². The van der Waals surface area contributed by atoms with E-state index in [1.807, 2.05) is 18.3 Å². The molecule has 1 rings (SSSR count). The Labute approximate surface area is 98.5 Å². The maximum atomic E-state index is 5.45. The van der Waals surface area contributed by atoms with Crippen molar-refractivity contribution in [3.8, 4) is 0 Å². The smallest absolute Gasteiger partial charge is 0.0472 e. The molecule has 0 fully saturated rings. The van der Waals surface area contributed by atoms with Crippen LogP contribution in [0.3, 0.4) is 0 Å². The fraction of sp³-hybridized carbons (Fsp3) is 0.615. The zero-order chi connectivity index (χ0) is 11.9. The number of hydrogen-bond acceptors (Lipinski definition) is 3. The van der Waals surface area contributed by atoms with Crippen molar-refractivity contribution in [2.75, 3.05) is 19.6 Å². The Morgan fingerprint density at radius 2 is 2.12 bits per heavy atom. The molecule has 0 spiro atoms. The van der Waals surface area contributed by atoms with Crippen LogP contribution in [0.15, 0.2) is 24.4 Å². The second kappa shape index (κ2) is 6.61. The minimum Gasteiger partial charge on any atom is -0.330 e. The fourth-order valence-corrected chi connectivity index (χ4v) is 1.65. The lowest BCUT2D eigenvalue weighted by Gasteiger charge is -2.24. The molecule has 0 bridgehead atoms. The van der Waals surface area contributed by atoms with Crippen molar-refractivity contribution in [2.45, 2.75) is 32.1 Å². The standard InChI is InChI=1S/C13H23N3/c1-13(2,11-15-9-6-4-8-14)12-7-3-5-10-16-12/h3,5,7,10,15H,4,6,8-9,11,14H2,1-2H3. The van der Waals surface area contributed by atoms with Gasteiger partial charge in [0.15, 0.2) is 0 Å². The molecule has 16 heavy (non-hydrogen) atoms. The lowest BCUT2D eigenvalue weighted by molar-refractivity contribution is 0.453. The minimum atomic E-state index is 0.0873. The molecule has 3 nitrogen and oxygen atoms in total. The van der Waals surface area contributed by atoms with Crippen molar-refractivity contribution in [1.82, 2.24) is 10.3 Å². The second-order valence-electron chi connectivity index (χ2n) is 4.77. The van der Waals surface area contributed by atoms with Crippen LogP contribution in [0.25, 0.3) is 0 Å². The first-order valence-corrected chi connectivity index (χ1v) is 5.99. The van der Waals surface area contributed by atoms with E-state index in [9.17, 15) is 0 Å². The van der Waals surface area contributed by atoms with Crippen molar-refractivity contribution in [2.24, 2.45) is 5.73 Å². The van der Waals surface area contributed by atoms with Gasteiger partial charge in [-0.3, -0.25) is 4.98 Å². The van der Waals surface area contributed by atoms with Crippen LogP contribution in [-0.2, 0) is 5.41 Å². The summed E-state index contributed by atoms with van der Waals surface area (Å²) in [6.07, 6.45) is 4.09. The molecule has 1 aromatic rings. The van der Waals surface area contributed by atoms with E-state index in [2.05, 4.69) is 30.2 Å². The van der Waals surface area contributed by atoms with Gasteiger partial charge in [0.2, 0.25) is 0 Å². The van der Waals surface area contributed by atoms with Gasteiger partial charge in [-0.2, -0.15) is 0 Å². The molecule has 0 radical (unpaired) electrons. The summed E-state index contributed by atoms with van der Waals surface area (Å²) in [5.41, 5.74) is 6.68. The van der Waals surface area contributed by atoms with E-state index in [1.54, 1.807) is 0 Å². The number of aromatic nitrogens is 1. The Morgan fingerprint density at radius 1 is 1.31 bits per heavy atom. The lowest BCUT2D eigenvalue weighted by atomic mass is 9.88. The molecule has 3 heteroatoms. The zero-order valence-corrected chi connectivity index (χ0v) is 10.4. The summed E-state index contributed by atoms with van der Waals surface area (Å²) < 4.78 is 0. The molecule has 90 valence electrons. The first kappa shape index (κ1) is 13.1. The van der Waals surface area contributed by atoms with Gasteiger partial charge < -0.3 is 11.1 Å². The molecule has 0 unspecified atom stereocenters. The molecule has 0 saturated carbocycles. The summed E-state index contributed by atoms with van der Waals surface area (Å²) in [4.78, 5) is 4.41. The molecule has 0 saturated heterocycles. The van der Waals surface area contributed by atoms with Crippen LogP contribution in [0.2, 0.25) is 0 Å². The number of nitrogens with one attached hydrogen (secondary N) is 1. The summed E-state index contributed by atoms with van der Waals surface area (Å²) in [6, 6.07) is 6.08. The lowest BCUT2D eigenvalue weighted by Crippen LogP contribution is -2.34. The predicted molar refractivity (Wildman–Crippen MR) is 68.4 cm³/mol. The summed E-state index contributed by atoms with van der Waals surface area (Å²) in [5.74, 6) is 0. The van der Waals surface area contributed by atoms with Crippen LogP contribution in [-0.4, -0.2) is 24.6 Å². The van der Waals surface area contributed by atoms with Crippen molar-refractivity contribution in [3.63, 3.8) is 0 Å². The molecule has 0 aliphatic rings. The minimum absolute atomic E-state index is 0.0873. The van der Waals surface area contributed by atoms with Crippen LogP contribution < -0.4 is 11.1 Å². The van der Waals surface area contributed by atoms with E-state index in [0.717, 1.165) is 38.2 Å².